The molecule has 1 atom stereocenters. The molecule has 2 fully saturated rings. The van der Waals surface area contributed by atoms with E-state index in [2.05, 4.69) is 34.5 Å². The molecule has 0 aliphatic carbocycles. The van der Waals surface area contributed by atoms with Crippen LogP contribution in [0.5, 0.6) is 0 Å². The molecule has 2 aliphatic rings. The SMILES string of the molecule is CC(C)CN1CC(NC(=O)c2cnn(C)c2)C(=O)NC2(CCOCC2)C1. The van der Waals surface area contributed by atoms with Gasteiger partial charge in [-0.1, -0.05) is 13.8 Å². The van der Waals surface area contributed by atoms with E-state index in [0.717, 1.165) is 25.9 Å². The average molecular weight is 363 g/mol. The van der Waals surface area contributed by atoms with Crippen LogP contribution >= 0.6 is 0 Å². The summed E-state index contributed by atoms with van der Waals surface area (Å²) in [5.74, 6) is 0.0934. The average Bonchev–Trinajstić information content (AvgIpc) is 2.96. The van der Waals surface area contributed by atoms with Gasteiger partial charge in [-0.05, 0) is 18.8 Å². The molecule has 2 aliphatic heterocycles. The first-order valence-corrected chi connectivity index (χ1v) is 9.28. The summed E-state index contributed by atoms with van der Waals surface area (Å²) >= 11 is 0. The number of nitrogens with one attached hydrogen (secondary N) is 2. The molecule has 2 amide bonds. The summed E-state index contributed by atoms with van der Waals surface area (Å²) < 4.78 is 7.07. The minimum absolute atomic E-state index is 0.115. The second-order valence-electron chi connectivity index (χ2n) is 7.90. The van der Waals surface area contributed by atoms with Crippen LogP contribution in [-0.4, -0.2) is 70.9 Å². The highest BCUT2D eigenvalue weighted by atomic mass is 16.5. The van der Waals surface area contributed by atoms with Gasteiger partial charge in [-0.15, -0.1) is 0 Å². The summed E-state index contributed by atoms with van der Waals surface area (Å²) in [6.07, 6.45) is 4.76. The summed E-state index contributed by atoms with van der Waals surface area (Å²) in [7, 11) is 1.76. The van der Waals surface area contributed by atoms with Gasteiger partial charge in [-0.2, -0.15) is 5.10 Å². The van der Waals surface area contributed by atoms with Gasteiger partial charge in [0.25, 0.3) is 5.91 Å². The summed E-state index contributed by atoms with van der Waals surface area (Å²) in [5, 5.41) is 10.1. The number of hydrogen-bond donors (Lipinski definition) is 2. The van der Waals surface area contributed by atoms with Crippen LogP contribution < -0.4 is 10.6 Å². The van der Waals surface area contributed by atoms with Crippen molar-refractivity contribution in [3.8, 4) is 0 Å². The lowest BCUT2D eigenvalue weighted by molar-refractivity contribution is -0.125. The number of aromatic nitrogens is 2. The van der Waals surface area contributed by atoms with Crippen molar-refractivity contribution in [2.75, 3.05) is 32.8 Å². The monoisotopic (exact) mass is 363 g/mol. The molecule has 8 nitrogen and oxygen atoms in total. The Hall–Kier alpha value is -1.93. The molecule has 1 aromatic heterocycles. The Kier molecular flexibility index (Phi) is 5.62. The van der Waals surface area contributed by atoms with Crippen molar-refractivity contribution in [3.63, 3.8) is 0 Å². The summed E-state index contributed by atoms with van der Waals surface area (Å²) in [6.45, 7) is 7.83. The number of rotatable bonds is 4. The number of hydrogen-bond acceptors (Lipinski definition) is 5. The zero-order chi connectivity index (χ0) is 18.7. The van der Waals surface area contributed by atoms with Gasteiger partial charge in [-0.3, -0.25) is 19.2 Å². The van der Waals surface area contributed by atoms with Gasteiger partial charge in [0.15, 0.2) is 0 Å². The first-order valence-electron chi connectivity index (χ1n) is 9.28. The molecule has 3 rings (SSSR count). The van der Waals surface area contributed by atoms with E-state index in [9.17, 15) is 9.59 Å². The van der Waals surface area contributed by atoms with E-state index in [4.69, 9.17) is 4.74 Å². The van der Waals surface area contributed by atoms with Crippen molar-refractivity contribution < 1.29 is 14.3 Å². The van der Waals surface area contributed by atoms with Crippen LogP contribution in [0.25, 0.3) is 0 Å². The van der Waals surface area contributed by atoms with Crippen molar-refractivity contribution in [2.45, 2.75) is 38.3 Å². The molecular formula is C18H29N5O3. The first-order chi connectivity index (χ1) is 12.4. The van der Waals surface area contributed by atoms with E-state index in [1.807, 2.05) is 0 Å². The quantitative estimate of drug-likeness (QED) is 0.795. The first kappa shape index (κ1) is 18.8. The number of carbonyl (C=O) groups excluding carboxylic acids is 2. The third-order valence-electron chi connectivity index (χ3n) is 5.02. The Morgan fingerprint density at radius 1 is 1.46 bits per heavy atom. The van der Waals surface area contributed by atoms with Gasteiger partial charge < -0.3 is 15.4 Å². The Balaban J connectivity index is 1.76. The standard InChI is InChI=1S/C18H29N5O3/c1-13(2)9-23-11-15(20-16(24)14-8-19-22(3)10-14)17(25)21-18(12-23)4-6-26-7-5-18/h8,10,13,15H,4-7,9,11-12H2,1-3H3,(H,20,24)(H,21,25). The minimum atomic E-state index is -0.580. The number of nitrogens with zero attached hydrogens (tertiary/aromatic N) is 3. The topological polar surface area (TPSA) is 88.5 Å². The second-order valence-corrected chi connectivity index (χ2v) is 7.90. The molecular weight excluding hydrogens is 334 g/mol. The maximum absolute atomic E-state index is 12.9. The molecule has 0 radical (unpaired) electrons. The van der Waals surface area contributed by atoms with Crippen molar-refractivity contribution in [3.05, 3.63) is 18.0 Å². The largest absolute Gasteiger partial charge is 0.381 e. The molecule has 2 N–H and O–H groups in total. The van der Waals surface area contributed by atoms with Crippen molar-refractivity contribution in [1.29, 1.82) is 0 Å². The Labute approximate surface area is 154 Å². The lowest BCUT2D eigenvalue weighted by Crippen LogP contribution is -2.57. The van der Waals surface area contributed by atoms with Crippen LogP contribution in [0.2, 0.25) is 0 Å². The Morgan fingerprint density at radius 3 is 2.81 bits per heavy atom. The van der Waals surface area contributed by atoms with Gasteiger partial charge in [0.1, 0.15) is 6.04 Å². The van der Waals surface area contributed by atoms with Crippen LogP contribution in [0.1, 0.15) is 37.0 Å². The van der Waals surface area contributed by atoms with Gasteiger partial charge in [0.05, 0.1) is 17.3 Å². The van der Waals surface area contributed by atoms with Crippen molar-refractivity contribution >= 4 is 11.8 Å². The normalized spacial score (nSPS) is 23.7. The molecule has 2 saturated heterocycles. The molecule has 144 valence electrons. The molecule has 1 unspecified atom stereocenters. The smallest absolute Gasteiger partial charge is 0.255 e. The van der Waals surface area contributed by atoms with Crippen LogP contribution in [0.15, 0.2) is 12.4 Å². The number of ether oxygens (including phenoxy) is 1. The lowest BCUT2D eigenvalue weighted by Gasteiger charge is -2.39. The fraction of sp³-hybridized carbons (Fsp3) is 0.722. The molecule has 3 heterocycles. The molecule has 1 spiro atoms. The third kappa shape index (κ3) is 4.42. The Morgan fingerprint density at radius 2 is 2.19 bits per heavy atom. The van der Waals surface area contributed by atoms with Gasteiger partial charge in [0, 0.05) is 46.1 Å². The van der Waals surface area contributed by atoms with Crippen LogP contribution in [-0.2, 0) is 16.6 Å². The molecule has 0 bridgehead atoms. The van der Waals surface area contributed by atoms with Gasteiger partial charge in [0.2, 0.25) is 5.91 Å². The third-order valence-corrected chi connectivity index (χ3v) is 5.02. The molecule has 0 aromatic carbocycles. The fourth-order valence-corrected chi connectivity index (χ4v) is 3.81. The van der Waals surface area contributed by atoms with E-state index >= 15 is 0 Å². The van der Waals surface area contributed by atoms with Crippen LogP contribution in [0.4, 0.5) is 0 Å². The molecule has 1 aromatic rings. The zero-order valence-corrected chi connectivity index (χ0v) is 15.8. The predicted octanol–water partition coefficient (Wildman–Crippen LogP) is 0.156. The van der Waals surface area contributed by atoms with E-state index in [1.54, 1.807) is 17.9 Å². The highest BCUT2D eigenvalue weighted by Crippen LogP contribution is 2.25. The van der Waals surface area contributed by atoms with E-state index in [1.165, 1.54) is 6.20 Å². The zero-order valence-electron chi connectivity index (χ0n) is 15.8. The lowest BCUT2D eigenvalue weighted by atomic mass is 9.89. The second kappa shape index (κ2) is 7.75. The maximum atomic E-state index is 12.9. The van der Waals surface area contributed by atoms with Gasteiger partial charge in [-0.25, -0.2) is 0 Å². The van der Waals surface area contributed by atoms with Crippen LogP contribution in [0.3, 0.4) is 0 Å². The van der Waals surface area contributed by atoms with E-state index < -0.39 is 6.04 Å². The van der Waals surface area contributed by atoms with Crippen LogP contribution in [0, 0.1) is 5.92 Å². The van der Waals surface area contributed by atoms with E-state index in [-0.39, 0.29) is 17.4 Å². The van der Waals surface area contributed by atoms with E-state index in [0.29, 0.717) is 31.2 Å². The fourth-order valence-electron chi connectivity index (χ4n) is 3.81. The number of amides is 2. The predicted molar refractivity (Wildman–Crippen MR) is 96.7 cm³/mol. The van der Waals surface area contributed by atoms with Crippen molar-refractivity contribution in [2.24, 2.45) is 13.0 Å². The number of carbonyl (C=O) groups is 2. The highest BCUT2D eigenvalue weighted by molar-refractivity contribution is 5.97. The van der Waals surface area contributed by atoms with Crippen molar-refractivity contribution in [1.82, 2.24) is 25.3 Å². The molecule has 26 heavy (non-hydrogen) atoms. The Bertz CT molecular complexity index is 651. The minimum Gasteiger partial charge on any atom is -0.381 e. The number of aryl methyl sites for hydroxylation is 1. The molecule has 0 saturated carbocycles. The summed E-state index contributed by atoms with van der Waals surface area (Å²) in [6, 6.07) is -0.580. The summed E-state index contributed by atoms with van der Waals surface area (Å²) in [5.41, 5.74) is 0.193. The van der Waals surface area contributed by atoms with Gasteiger partial charge >= 0.3 is 0 Å². The summed E-state index contributed by atoms with van der Waals surface area (Å²) in [4.78, 5) is 27.7. The maximum Gasteiger partial charge on any atom is 0.255 e. The highest BCUT2D eigenvalue weighted by Gasteiger charge is 2.41. The molecule has 8 heteroatoms.